The second kappa shape index (κ2) is 3.78. The number of benzene rings is 1. The van der Waals surface area contributed by atoms with E-state index in [-0.39, 0.29) is 10.8 Å². The second-order valence-corrected chi connectivity index (χ2v) is 3.31. The monoisotopic (exact) mass is 246 g/mol. The summed E-state index contributed by atoms with van der Waals surface area (Å²) >= 11 is 3.86. The first kappa shape index (κ1) is 10.9. The van der Waals surface area contributed by atoms with Crippen LogP contribution in [0.3, 0.4) is 0 Å². The van der Waals surface area contributed by atoms with E-state index < -0.39 is 11.7 Å². The predicted octanol–water partition coefficient (Wildman–Crippen LogP) is 1.97. The van der Waals surface area contributed by atoms with E-state index in [1.165, 1.54) is 18.2 Å². The van der Waals surface area contributed by atoms with Crippen molar-refractivity contribution in [3.63, 3.8) is 0 Å². The number of aromatic nitrogens is 4. The molecule has 0 saturated heterocycles. The van der Waals surface area contributed by atoms with Crippen LogP contribution in [0.25, 0.3) is 5.69 Å². The summed E-state index contributed by atoms with van der Waals surface area (Å²) in [4.78, 5) is 0. The number of nitrogens with zero attached hydrogens (tertiary/aromatic N) is 4. The standard InChI is InChI=1S/C8H5F3N4S/c9-8(10,11)5-3-1-2-4-6(5)15-7(16)12-13-14-15/h1-4H,(H,12,14,16). The Bertz CT molecular complexity index is 508. The van der Waals surface area contributed by atoms with E-state index in [9.17, 15) is 13.2 Å². The Morgan fingerprint density at radius 3 is 2.44 bits per heavy atom. The van der Waals surface area contributed by atoms with E-state index in [4.69, 9.17) is 0 Å². The van der Waals surface area contributed by atoms with Crippen LogP contribution in [-0.4, -0.2) is 20.2 Å². The van der Waals surface area contributed by atoms with E-state index in [2.05, 4.69) is 28.2 Å². The number of hydrogen-bond donors (Lipinski definition) is 1. The van der Waals surface area contributed by atoms with Gasteiger partial charge in [0.25, 0.3) is 0 Å². The van der Waals surface area contributed by atoms with E-state index in [1.807, 2.05) is 0 Å². The summed E-state index contributed by atoms with van der Waals surface area (Å²) in [5, 5.41) is 10.1. The van der Waals surface area contributed by atoms with E-state index in [0.717, 1.165) is 10.7 Å². The summed E-state index contributed by atoms with van der Waals surface area (Å²) < 4.78 is 38.9. The van der Waals surface area contributed by atoms with Gasteiger partial charge in [-0.15, -0.1) is 17.7 Å². The first-order valence-electron chi connectivity index (χ1n) is 4.14. The van der Waals surface area contributed by atoms with Crippen LogP contribution in [0.15, 0.2) is 29.4 Å². The summed E-state index contributed by atoms with van der Waals surface area (Å²) in [5.74, 6) is 0. The van der Waals surface area contributed by atoms with Crippen LogP contribution in [0.2, 0.25) is 0 Å². The molecule has 0 amide bonds. The van der Waals surface area contributed by atoms with Gasteiger partial charge < -0.3 is 0 Å². The highest BCUT2D eigenvalue weighted by Gasteiger charge is 2.34. The van der Waals surface area contributed by atoms with Crippen molar-refractivity contribution < 1.29 is 13.2 Å². The number of tetrazole rings is 1. The molecule has 0 fully saturated rings. The first-order valence-corrected chi connectivity index (χ1v) is 4.59. The van der Waals surface area contributed by atoms with Gasteiger partial charge in [0.2, 0.25) is 5.16 Å². The zero-order valence-corrected chi connectivity index (χ0v) is 8.57. The van der Waals surface area contributed by atoms with Crippen molar-refractivity contribution in [1.29, 1.82) is 0 Å². The molecule has 8 heteroatoms. The summed E-state index contributed by atoms with van der Waals surface area (Å²) in [6, 6.07) is 5.01. The van der Waals surface area contributed by atoms with Crippen LogP contribution in [0, 0.1) is 0 Å². The van der Waals surface area contributed by atoms with Gasteiger partial charge in [-0.1, -0.05) is 12.1 Å². The molecule has 0 aliphatic heterocycles. The van der Waals surface area contributed by atoms with Gasteiger partial charge in [0.15, 0.2) is 0 Å². The van der Waals surface area contributed by atoms with Gasteiger partial charge >= 0.3 is 6.18 Å². The van der Waals surface area contributed by atoms with Crippen LogP contribution < -0.4 is 0 Å². The Labute approximate surface area is 93.5 Å². The molecule has 0 N–H and O–H groups in total. The molecule has 0 aliphatic rings. The SMILES string of the molecule is FC(F)(F)c1ccccc1-n1nnnc1S. The maximum atomic E-state index is 12.7. The third kappa shape index (κ3) is 1.87. The summed E-state index contributed by atoms with van der Waals surface area (Å²) in [5.41, 5.74) is -0.956. The predicted molar refractivity (Wildman–Crippen MR) is 51.4 cm³/mol. The number of hydrogen-bond acceptors (Lipinski definition) is 4. The van der Waals surface area contributed by atoms with Crippen LogP contribution in [0.1, 0.15) is 5.56 Å². The minimum atomic E-state index is -4.46. The summed E-state index contributed by atoms with van der Waals surface area (Å²) in [6.07, 6.45) is -4.46. The van der Waals surface area contributed by atoms with Gasteiger partial charge in [0.1, 0.15) is 0 Å². The van der Waals surface area contributed by atoms with Gasteiger partial charge in [-0.25, -0.2) is 0 Å². The van der Waals surface area contributed by atoms with Crippen molar-refractivity contribution in [2.75, 3.05) is 0 Å². The number of halogens is 3. The molecule has 2 aromatic rings. The van der Waals surface area contributed by atoms with Crippen molar-refractivity contribution >= 4 is 12.6 Å². The smallest absolute Gasteiger partial charge is 0.187 e. The van der Waals surface area contributed by atoms with Gasteiger partial charge in [-0.3, -0.25) is 0 Å². The molecule has 0 bridgehead atoms. The molecule has 1 aromatic carbocycles. The third-order valence-electron chi connectivity index (χ3n) is 1.89. The quantitative estimate of drug-likeness (QED) is 0.782. The normalized spacial score (nSPS) is 11.8. The van der Waals surface area contributed by atoms with Crippen molar-refractivity contribution in [3.05, 3.63) is 29.8 Å². The maximum absolute atomic E-state index is 12.7. The molecule has 0 unspecified atom stereocenters. The Morgan fingerprint density at radius 2 is 1.88 bits per heavy atom. The fourth-order valence-corrected chi connectivity index (χ4v) is 1.42. The van der Waals surface area contributed by atoms with Crippen LogP contribution in [-0.2, 0) is 6.18 Å². The number of alkyl halides is 3. The minimum Gasteiger partial charge on any atom is -0.187 e. The lowest BCUT2D eigenvalue weighted by molar-refractivity contribution is -0.137. The third-order valence-corrected chi connectivity index (χ3v) is 2.17. The number of thiol groups is 1. The van der Waals surface area contributed by atoms with Crippen molar-refractivity contribution in [3.8, 4) is 5.69 Å². The molecule has 1 heterocycles. The zero-order chi connectivity index (χ0) is 11.8. The molecular weight excluding hydrogens is 241 g/mol. The molecule has 0 atom stereocenters. The van der Waals surface area contributed by atoms with E-state index in [0.29, 0.717) is 0 Å². The van der Waals surface area contributed by atoms with Crippen molar-refractivity contribution in [1.82, 2.24) is 20.2 Å². The maximum Gasteiger partial charge on any atom is 0.418 e. The Hall–Kier alpha value is -1.57. The van der Waals surface area contributed by atoms with Crippen molar-refractivity contribution in [2.24, 2.45) is 0 Å². The molecule has 2 rings (SSSR count). The first-order chi connectivity index (χ1) is 7.50. The Kier molecular flexibility index (Phi) is 2.58. The molecule has 16 heavy (non-hydrogen) atoms. The van der Waals surface area contributed by atoms with Gasteiger partial charge in [0, 0.05) is 0 Å². The molecule has 0 radical (unpaired) electrons. The molecular formula is C8H5F3N4S. The van der Waals surface area contributed by atoms with Gasteiger partial charge in [-0.05, 0) is 22.6 Å². The van der Waals surface area contributed by atoms with Crippen molar-refractivity contribution in [2.45, 2.75) is 11.3 Å². The zero-order valence-electron chi connectivity index (χ0n) is 7.68. The molecule has 0 aliphatic carbocycles. The summed E-state index contributed by atoms with van der Waals surface area (Å²) in [7, 11) is 0. The lowest BCUT2D eigenvalue weighted by Gasteiger charge is -2.11. The molecule has 4 nitrogen and oxygen atoms in total. The van der Waals surface area contributed by atoms with E-state index in [1.54, 1.807) is 0 Å². The molecule has 1 aromatic heterocycles. The van der Waals surface area contributed by atoms with Crippen LogP contribution in [0.4, 0.5) is 13.2 Å². The number of para-hydroxylation sites is 1. The van der Waals surface area contributed by atoms with Crippen LogP contribution >= 0.6 is 12.6 Å². The highest BCUT2D eigenvalue weighted by atomic mass is 32.1. The van der Waals surface area contributed by atoms with Gasteiger partial charge in [-0.2, -0.15) is 17.9 Å². The fraction of sp³-hybridized carbons (Fsp3) is 0.125. The topological polar surface area (TPSA) is 43.6 Å². The largest absolute Gasteiger partial charge is 0.418 e. The highest BCUT2D eigenvalue weighted by molar-refractivity contribution is 7.80. The molecule has 84 valence electrons. The Balaban J connectivity index is 2.62. The Morgan fingerprint density at radius 1 is 1.19 bits per heavy atom. The average molecular weight is 246 g/mol. The number of rotatable bonds is 1. The lowest BCUT2D eigenvalue weighted by Crippen LogP contribution is -2.11. The highest BCUT2D eigenvalue weighted by Crippen LogP contribution is 2.33. The molecule has 0 spiro atoms. The lowest BCUT2D eigenvalue weighted by atomic mass is 10.2. The summed E-state index contributed by atoms with van der Waals surface area (Å²) in [6.45, 7) is 0. The fourth-order valence-electron chi connectivity index (χ4n) is 1.24. The van der Waals surface area contributed by atoms with Gasteiger partial charge in [0.05, 0.1) is 11.3 Å². The van der Waals surface area contributed by atoms with Crippen LogP contribution in [0.5, 0.6) is 0 Å². The van der Waals surface area contributed by atoms with E-state index >= 15 is 0 Å². The average Bonchev–Trinajstić information content (AvgIpc) is 2.63. The molecule has 0 saturated carbocycles. The second-order valence-electron chi connectivity index (χ2n) is 2.91. The minimum absolute atomic E-state index is 0.00306.